The van der Waals surface area contributed by atoms with Gasteiger partial charge in [-0.25, -0.2) is 14.9 Å². The van der Waals surface area contributed by atoms with Gasteiger partial charge in [-0.3, -0.25) is 14.4 Å². The highest BCUT2D eigenvalue weighted by Gasteiger charge is 2.60. The summed E-state index contributed by atoms with van der Waals surface area (Å²) in [6, 6.07) is 25.7. The number of pyridine rings is 1. The van der Waals surface area contributed by atoms with E-state index in [0.29, 0.717) is 11.3 Å². The number of carbonyl (C=O) groups is 2. The molecule has 0 bridgehead atoms. The molecule has 168 valence electrons. The van der Waals surface area contributed by atoms with Crippen LogP contribution in [0.3, 0.4) is 0 Å². The van der Waals surface area contributed by atoms with Gasteiger partial charge < -0.3 is 0 Å². The van der Waals surface area contributed by atoms with Crippen LogP contribution in [0.1, 0.15) is 17.2 Å². The van der Waals surface area contributed by atoms with E-state index in [1.807, 2.05) is 79.7 Å². The number of fused-ring (bicyclic) bond motifs is 2. The molecule has 0 N–H and O–H groups in total. The second kappa shape index (κ2) is 7.94. The summed E-state index contributed by atoms with van der Waals surface area (Å²) in [5.41, 5.74) is 3.71. The first kappa shape index (κ1) is 20.8. The lowest BCUT2D eigenvalue weighted by molar-refractivity contribution is -0.126. The monoisotopic (exact) mass is 469 g/mol. The molecule has 2 aliphatic heterocycles. The van der Waals surface area contributed by atoms with Gasteiger partial charge in [-0.05, 0) is 43.3 Å². The van der Waals surface area contributed by atoms with Crippen LogP contribution in [0, 0.1) is 12.8 Å². The molecule has 3 unspecified atom stereocenters. The van der Waals surface area contributed by atoms with Crippen molar-refractivity contribution in [3.8, 4) is 0 Å². The van der Waals surface area contributed by atoms with Crippen molar-refractivity contribution in [2.75, 3.05) is 9.96 Å². The van der Waals surface area contributed by atoms with Crippen LogP contribution in [0.2, 0.25) is 5.15 Å². The third-order valence-corrected chi connectivity index (χ3v) is 6.74. The molecule has 34 heavy (non-hydrogen) atoms. The minimum atomic E-state index is -0.957. The number of amides is 2. The fraction of sp³-hybridized carbons (Fsp3) is 0.148. The highest BCUT2D eigenvalue weighted by atomic mass is 35.5. The van der Waals surface area contributed by atoms with Crippen LogP contribution in [0.5, 0.6) is 0 Å². The molecule has 2 amide bonds. The number of hydrogen-bond donors (Lipinski definition) is 0. The number of benzene rings is 3. The Morgan fingerprint density at radius 3 is 2.32 bits per heavy atom. The smallest absolute Gasteiger partial charge is 0.266 e. The molecule has 3 heterocycles. The molecule has 4 aromatic rings. The average molecular weight is 470 g/mol. The third kappa shape index (κ3) is 3.18. The number of carbonyl (C=O) groups excluding carboxylic acids is 2. The zero-order chi connectivity index (χ0) is 23.4. The average Bonchev–Trinajstić information content (AvgIpc) is 3.36. The van der Waals surface area contributed by atoms with Gasteiger partial charge in [0.2, 0.25) is 5.91 Å². The van der Waals surface area contributed by atoms with Crippen molar-refractivity contribution in [2.24, 2.45) is 5.92 Å². The van der Waals surface area contributed by atoms with Gasteiger partial charge in [0.05, 0.1) is 22.9 Å². The van der Waals surface area contributed by atoms with Gasteiger partial charge in [0, 0.05) is 10.9 Å². The Balaban J connectivity index is 1.49. The van der Waals surface area contributed by atoms with Gasteiger partial charge in [0.25, 0.3) is 5.91 Å². The number of nitrogens with zero attached hydrogens (tertiary/aromatic N) is 3. The third-order valence-electron chi connectivity index (χ3n) is 6.44. The van der Waals surface area contributed by atoms with Gasteiger partial charge >= 0.3 is 0 Å². The van der Waals surface area contributed by atoms with Crippen molar-refractivity contribution in [1.82, 2.24) is 4.98 Å². The zero-order valence-electron chi connectivity index (χ0n) is 18.3. The van der Waals surface area contributed by atoms with Crippen LogP contribution in [-0.2, 0) is 14.4 Å². The number of aryl methyl sites for hydroxylation is 1. The predicted molar refractivity (Wildman–Crippen MR) is 130 cm³/mol. The second-order valence-electron chi connectivity index (χ2n) is 8.57. The minimum Gasteiger partial charge on any atom is -0.273 e. The minimum absolute atomic E-state index is 0.280. The maximum atomic E-state index is 13.8. The highest BCUT2D eigenvalue weighted by Crippen LogP contribution is 2.49. The van der Waals surface area contributed by atoms with Crippen molar-refractivity contribution < 1.29 is 14.4 Å². The van der Waals surface area contributed by atoms with Crippen molar-refractivity contribution in [1.29, 1.82) is 0 Å². The van der Waals surface area contributed by atoms with Crippen LogP contribution in [0.15, 0.2) is 84.9 Å². The van der Waals surface area contributed by atoms with Crippen molar-refractivity contribution >= 4 is 45.7 Å². The summed E-state index contributed by atoms with van der Waals surface area (Å²) in [4.78, 5) is 39.2. The summed E-state index contributed by atoms with van der Waals surface area (Å²) in [6.45, 7) is 1.96. The van der Waals surface area contributed by atoms with Crippen LogP contribution in [0.25, 0.3) is 10.9 Å². The quantitative estimate of drug-likeness (QED) is 0.303. The summed E-state index contributed by atoms with van der Waals surface area (Å²) in [6.07, 6.45) is -0.957. The number of hydrogen-bond acceptors (Lipinski definition) is 5. The Hall–Kier alpha value is -3.74. The summed E-state index contributed by atoms with van der Waals surface area (Å²) >= 11 is 6.68. The number of halogens is 1. The Bertz CT molecular complexity index is 1420. The summed E-state index contributed by atoms with van der Waals surface area (Å²) < 4.78 is 0. The maximum Gasteiger partial charge on any atom is 0.266 e. The zero-order valence-corrected chi connectivity index (χ0v) is 19.0. The largest absolute Gasteiger partial charge is 0.273 e. The molecular weight excluding hydrogens is 450 g/mol. The standard InChI is InChI=1S/C27H20ClN3O3/c1-16-11-13-18(14-12-16)30-26(32)22-23(20-15-17-7-5-6-10-21(17)29-25(20)28)31(34-24(22)27(30)33)19-8-3-2-4-9-19/h2-15,22-24H,1H3. The van der Waals surface area contributed by atoms with Crippen LogP contribution in [0.4, 0.5) is 11.4 Å². The lowest BCUT2D eigenvalue weighted by atomic mass is 9.90. The van der Waals surface area contributed by atoms with E-state index in [9.17, 15) is 9.59 Å². The van der Waals surface area contributed by atoms with Crippen LogP contribution >= 0.6 is 11.6 Å². The molecule has 2 aliphatic rings. The molecule has 2 saturated heterocycles. The van der Waals surface area contributed by atoms with E-state index < -0.39 is 18.1 Å². The molecule has 0 aliphatic carbocycles. The van der Waals surface area contributed by atoms with Gasteiger partial charge in [-0.15, -0.1) is 0 Å². The number of aromatic nitrogens is 1. The molecule has 0 radical (unpaired) electrons. The Kier molecular flexibility index (Phi) is 4.86. The SMILES string of the molecule is Cc1ccc(N2C(=O)C3ON(c4ccccc4)C(c4cc5ccccc5nc4Cl)C3C2=O)cc1. The van der Waals surface area contributed by atoms with E-state index in [1.54, 1.807) is 17.2 Å². The number of anilines is 2. The molecule has 3 atom stereocenters. The predicted octanol–water partition coefficient (Wildman–Crippen LogP) is 5.25. The normalized spacial score (nSPS) is 22.0. The Morgan fingerprint density at radius 1 is 0.853 bits per heavy atom. The van der Waals surface area contributed by atoms with E-state index in [0.717, 1.165) is 22.2 Å². The topological polar surface area (TPSA) is 62.7 Å². The molecule has 2 fully saturated rings. The van der Waals surface area contributed by atoms with E-state index in [-0.39, 0.29) is 17.0 Å². The number of para-hydroxylation sites is 2. The van der Waals surface area contributed by atoms with E-state index in [1.165, 1.54) is 4.90 Å². The van der Waals surface area contributed by atoms with Crippen molar-refractivity contribution in [3.05, 3.63) is 101 Å². The van der Waals surface area contributed by atoms with Gasteiger partial charge in [0.1, 0.15) is 11.1 Å². The van der Waals surface area contributed by atoms with Gasteiger partial charge in [-0.1, -0.05) is 65.7 Å². The molecule has 6 nitrogen and oxygen atoms in total. The maximum absolute atomic E-state index is 13.8. The number of imide groups is 1. The Labute approximate surface area is 201 Å². The van der Waals surface area contributed by atoms with Crippen molar-refractivity contribution in [2.45, 2.75) is 19.1 Å². The number of hydroxylamine groups is 1. The Morgan fingerprint density at radius 2 is 1.56 bits per heavy atom. The highest BCUT2D eigenvalue weighted by molar-refractivity contribution is 6.31. The fourth-order valence-corrected chi connectivity index (χ4v) is 5.05. The second-order valence-corrected chi connectivity index (χ2v) is 8.92. The first-order chi connectivity index (χ1) is 16.5. The first-order valence-corrected chi connectivity index (χ1v) is 11.4. The van der Waals surface area contributed by atoms with E-state index in [4.69, 9.17) is 16.4 Å². The first-order valence-electron chi connectivity index (χ1n) is 11.0. The summed E-state index contributed by atoms with van der Waals surface area (Å²) in [7, 11) is 0. The van der Waals surface area contributed by atoms with Gasteiger partial charge in [0.15, 0.2) is 6.10 Å². The molecule has 0 spiro atoms. The van der Waals surface area contributed by atoms with E-state index in [2.05, 4.69) is 4.98 Å². The molecule has 1 aromatic heterocycles. The van der Waals surface area contributed by atoms with Crippen molar-refractivity contribution in [3.63, 3.8) is 0 Å². The molecule has 3 aromatic carbocycles. The van der Waals surface area contributed by atoms with Gasteiger partial charge in [-0.2, -0.15) is 0 Å². The van der Waals surface area contributed by atoms with E-state index >= 15 is 0 Å². The summed E-state index contributed by atoms with van der Waals surface area (Å²) in [5, 5.41) is 2.81. The lowest BCUT2D eigenvalue weighted by Gasteiger charge is -2.29. The molecular formula is C27H20ClN3O3. The molecule has 6 rings (SSSR count). The molecule has 0 saturated carbocycles. The molecule has 7 heteroatoms. The lowest BCUT2D eigenvalue weighted by Crippen LogP contribution is -2.37. The number of rotatable bonds is 3. The van der Waals surface area contributed by atoms with Crippen LogP contribution < -0.4 is 9.96 Å². The summed E-state index contributed by atoms with van der Waals surface area (Å²) in [5.74, 6) is -1.46. The van der Waals surface area contributed by atoms with Crippen LogP contribution in [-0.4, -0.2) is 22.9 Å². The fourth-order valence-electron chi connectivity index (χ4n) is 4.79.